The molecule has 3 N–H and O–H groups in total. The maximum absolute atomic E-state index is 13.0. The molecule has 0 aromatic heterocycles. The Morgan fingerprint density at radius 3 is 0.697 bits per heavy atom. The van der Waals surface area contributed by atoms with Crippen molar-refractivity contribution in [2.75, 3.05) is 39.6 Å². The lowest BCUT2D eigenvalue weighted by Crippen LogP contribution is -2.30. The molecule has 0 aliphatic heterocycles. The predicted octanol–water partition coefficient (Wildman–Crippen LogP) is 19.7. The number of phosphoric ester groups is 2. The first kappa shape index (κ1) is 87.1. The third-order valence-corrected chi connectivity index (χ3v) is 18.0. The van der Waals surface area contributed by atoms with Crippen LogP contribution < -0.4 is 0 Å². The second kappa shape index (κ2) is 59.8. The highest BCUT2D eigenvalue weighted by atomic mass is 31.2. The maximum Gasteiger partial charge on any atom is 0.472 e. The van der Waals surface area contributed by atoms with Crippen molar-refractivity contribution in [1.29, 1.82) is 0 Å². The number of esters is 4. The van der Waals surface area contributed by atoms with E-state index >= 15 is 0 Å². The van der Waals surface area contributed by atoms with Crippen LogP contribution in [-0.2, 0) is 65.4 Å². The van der Waals surface area contributed by atoms with E-state index in [0.29, 0.717) is 37.5 Å². The standard InChI is InChI=1S/C70H136O17P2/c1-60(2)46-38-30-22-18-14-10-9-11-17-21-25-36-44-52-69(74)86-65(57-81-68(73)51-43-35-28-26-32-40-48-62(5)6)58-84-88(76,77)82-54-64(71)55-83-89(78,79)85-59-66(87-70(75)53-45-37-29-27-33-41-49-63(7)8)56-80-67(72)50-42-34-24-20-16-13-12-15-19-23-31-39-47-61(3)4/h60-66,71H,9-59H2,1-8H3,(H,76,77)(H,78,79)/t64-,65+,66+/m0/s1. The summed E-state index contributed by atoms with van der Waals surface area (Å²) >= 11 is 0. The Morgan fingerprint density at radius 2 is 0.472 bits per heavy atom. The van der Waals surface area contributed by atoms with E-state index in [1.54, 1.807) is 0 Å². The number of hydrogen-bond acceptors (Lipinski definition) is 15. The van der Waals surface area contributed by atoms with Gasteiger partial charge in [0.1, 0.15) is 19.3 Å². The van der Waals surface area contributed by atoms with Crippen molar-refractivity contribution in [3.05, 3.63) is 0 Å². The van der Waals surface area contributed by atoms with Gasteiger partial charge in [-0.2, -0.15) is 0 Å². The highest BCUT2D eigenvalue weighted by Gasteiger charge is 2.30. The van der Waals surface area contributed by atoms with Crippen LogP contribution in [0.3, 0.4) is 0 Å². The van der Waals surface area contributed by atoms with E-state index in [2.05, 4.69) is 55.4 Å². The Kier molecular flexibility index (Phi) is 58.5. The monoisotopic (exact) mass is 1310 g/mol. The minimum absolute atomic E-state index is 0.102. The number of phosphoric acid groups is 2. The lowest BCUT2D eigenvalue weighted by Gasteiger charge is -2.21. The molecule has 0 saturated carbocycles. The molecule has 0 amide bonds. The highest BCUT2D eigenvalue weighted by molar-refractivity contribution is 7.47. The molecule has 0 spiro atoms. The van der Waals surface area contributed by atoms with Crippen molar-refractivity contribution in [3.8, 4) is 0 Å². The molecule has 528 valence electrons. The number of hydrogen-bond donors (Lipinski definition) is 3. The van der Waals surface area contributed by atoms with Gasteiger partial charge < -0.3 is 33.8 Å². The van der Waals surface area contributed by atoms with Gasteiger partial charge in [-0.3, -0.25) is 37.3 Å². The number of ether oxygens (including phenoxy) is 4. The number of unbranched alkanes of at least 4 members (excludes halogenated alkanes) is 33. The fourth-order valence-corrected chi connectivity index (χ4v) is 12.1. The summed E-state index contributed by atoms with van der Waals surface area (Å²) in [6.07, 6.45) is 42.0. The predicted molar refractivity (Wildman–Crippen MR) is 358 cm³/mol. The highest BCUT2D eigenvalue weighted by Crippen LogP contribution is 2.45. The van der Waals surface area contributed by atoms with Crippen molar-refractivity contribution in [2.24, 2.45) is 23.7 Å². The zero-order valence-corrected chi connectivity index (χ0v) is 59.8. The van der Waals surface area contributed by atoms with E-state index < -0.39 is 97.5 Å². The van der Waals surface area contributed by atoms with E-state index in [9.17, 15) is 43.2 Å². The molecule has 0 fully saturated rings. The van der Waals surface area contributed by atoms with Crippen molar-refractivity contribution in [1.82, 2.24) is 0 Å². The van der Waals surface area contributed by atoms with Crippen LogP contribution in [-0.4, -0.2) is 96.7 Å². The fraction of sp³-hybridized carbons (Fsp3) is 0.943. The van der Waals surface area contributed by atoms with Crippen molar-refractivity contribution in [3.63, 3.8) is 0 Å². The molecule has 0 radical (unpaired) electrons. The van der Waals surface area contributed by atoms with Crippen molar-refractivity contribution in [2.45, 2.75) is 363 Å². The zero-order valence-electron chi connectivity index (χ0n) is 58.1. The summed E-state index contributed by atoms with van der Waals surface area (Å²) in [4.78, 5) is 72.4. The van der Waals surface area contributed by atoms with Crippen LogP contribution in [0.1, 0.15) is 344 Å². The van der Waals surface area contributed by atoms with Crippen molar-refractivity contribution >= 4 is 39.5 Å². The Hall–Kier alpha value is -1.94. The Bertz CT molecular complexity index is 1760. The van der Waals surface area contributed by atoms with Gasteiger partial charge in [-0.1, -0.05) is 293 Å². The molecule has 5 atom stereocenters. The quantitative estimate of drug-likeness (QED) is 0.0222. The molecule has 0 aromatic rings. The molecular formula is C70H136O17P2. The van der Waals surface area contributed by atoms with E-state index in [4.69, 9.17) is 37.0 Å². The first-order chi connectivity index (χ1) is 42.6. The number of rotatable bonds is 67. The average molecular weight is 1310 g/mol. The minimum atomic E-state index is -4.95. The van der Waals surface area contributed by atoms with Crippen LogP contribution in [0.25, 0.3) is 0 Å². The van der Waals surface area contributed by atoms with E-state index in [0.717, 1.165) is 108 Å². The second-order valence-corrected chi connectivity index (χ2v) is 30.1. The van der Waals surface area contributed by atoms with E-state index in [-0.39, 0.29) is 25.7 Å². The number of carbonyl (C=O) groups is 4. The van der Waals surface area contributed by atoms with Gasteiger partial charge in [0, 0.05) is 25.7 Å². The summed E-state index contributed by atoms with van der Waals surface area (Å²) in [5, 5.41) is 10.6. The molecule has 19 heteroatoms. The summed E-state index contributed by atoms with van der Waals surface area (Å²) in [5.74, 6) is 0.782. The van der Waals surface area contributed by atoms with E-state index in [1.165, 1.54) is 141 Å². The summed E-state index contributed by atoms with van der Waals surface area (Å²) < 4.78 is 68.2. The first-order valence-corrected chi connectivity index (χ1v) is 39.2. The first-order valence-electron chi connectivity index (χ1n) is 36.2. The van der Waals surface area contributed by atoms with Gasteiger partial charge in [0.15, 0.2) is 12.2 Å². The molecule has 0 rings (SSSR count). The van der Waals surface area contributed by atoms with Crippen LogP contribution in [0.4, 0.5) is 0 Å². The average Bonchev–Trinajstić information content (AvgIpc) is 3.67. The third-order valence-electron chi connectivity index (χ3n) is 16.1. The van der Waals surface area contributed by atoms with Gasteiger partial charge in [0.05, 0.1) is 26.4 Å². The van der Waals surface area contributed by atoms with E-state index in [1.807, 2.05) is 0 Å². The minimum Gasteiger partial charge on any atom is -0.462 e. The van der Waals surface area contributed by atoms with Crippen LogP contribution in [0.15, 0.2) is 0 Å². The molecular weight excluding hydrogens is 1170 g/mol. The smallest absolute Gasteiger partial charge is 0.462 e. The molecule has 0 aliphatic rings. The fourth-order valence-electron chi connectivity index (χ4n) is 10.5. The number of aliphatic hydroxyl groups excluding tert-OH is 1. The van der Waals surface area contributed by atoms with Gasteiger partial charge in [-0.05, 0) is 49.4 Å². The zero-order chi connectivity index (χ0) is 66.1. The lowest BCUT2D eigenvalue weighted by molar-refractivity contribution is -0.161. The lowest BCUT2D eigenvalue weighted by atomic mass is 10.0. The van der Waals surface area contributed by atoms with Gasteiger partial charge in [0.2, 0.25) is 0 Å². The van der Waals surface area contributed by atoms with Crippen LogP contribution in [0.5, 0.6) is 0 Å². The Balaban J connectivity index is 5.19. The van der Waals surface area contributed by atoms with Crippen LogP contribution in [0, 0.1) is 23.7 Å². The van der Waals surface area contributed by atoms with Gasteiger partial charge in [0.25, 0.3) is 0 Å². The van der Waals surface area contributed by atoms with Crippen LogP contribution in [0.2, 0.25) is 0 Å². The van der Waals surface area contributed by atoms with Crippen LogP contribution >= 0.6 is 15.6 Å². The Labute approximate surface area is 543 Å². The van der Waals surface area contributed by atoms with Gasteiger partial charge in [-0.25, -0.2) is 9.13 Å². The molecule has 2 unspecified atom stereocenters. The normalized spacial score (nSPS) is 14.3. The number of aliphatic hydroxyl groups is 1. The SMILES string of the molecule is CC(C)CCCCCCCCCCCCCCCC(=O)O[C@H](COC(=O)CCCCCCCCC(C)C)COP(=O)(O)OC[C@H](O)COP(=O)(O)OC[C@@H](COC(=O)CCCCCCCCCCCCCCC(C)C)OC(=O)CCCCCCCCC(C)C. The van der Waals surface area contributed by atoms with Gasteiger partial charge >= 0.3 is 39.5 Å². The second-order valence-electron chi connectivity index (χ2n) is 27.2. The molecule has 0 heterocycles. The van der Waals surface area contributed by atoms with Gasteiger partial charge in [-0.15, -0.1) is 0 Å². The molecule has 0 saturated heterocycles. The largest absolute Gasteiger partial charge is 0.472 e. The molecule has 17 nitrogen and oxygen atoms in total. The molecule has 0 bridgehead atoms. The summed E-state index contributed by atoms with van der Waals surface area (Å²) in [5.41, 5.74) is 0. The summed E-state index contributed by atoms with van der Waals surface area (Å²) in [6, 6.07) is 0. The van der Waals surface area contributed by atoms with Crippen molar-refractivity contribution < 1.29 is 80.2 Å². The number of carbonyl (C=O) groups excluding carboxylic acids is 4. The Morgan fingerprint density at radius 1 is 0.281 bits per heavy atom. The third kappa shape index (κ3) is 64.6. The molecule has 0 aliphatic carbocycles. The summed E-state index contributed by atoms with van der Waals surface area (Å²) in [7, 11) is -9.90. The molecule has 89 heavy (non-hydrogen) atoms. The summed E-state index contributed by atoms with van der Waals surface area (Å²) in [6.45, 7) is 14.0. The molecule has 0 aromatic carbocycles. The topological polar surface area (TPSA) is 237 Å². The maximum atomic E-state index is 13.0.